The zero-order valence-corrected chi connectivity index (χ0v) is 11.5. The predicted molar refractivity (Wildman–Crippen MR) is 76.1 cm³/mol. The van der Waals surface area contributed by atoms with Crippen molar-refractivity contribution >= 4 is 22.8 Å². The summed E-state index contributed by atoms with van der Waals surface area (Å²) in [6.45, 7) is 0. The quantitative estimate of drug-likeness (QED) is 0.883. The summed E-state index contributed by atoms with van der Waals surface area (Å²) in [6.07, 6.45) is 6.55. The Balaban J connectivity index is 1.63. The smallest absolute Gasteiger partial charge is 0.246 e. The van der Waals surface area contributed by atoms with Gasteiger partial charge in [0.2, 0.25) is 5.91 Å². The first-order chi connectivity index (χ1) is 10.2. The fourth-order valence-electron chi connectivity index (χ4n) is 3.81. The molecule has 2 aliphatic carbocycles. The monoisotopic (exact) mass is 281 g/mol. The van der Waals surface area contributed by atoms with Crippen molar-refractivity contribution in [1.82, 2.24) is 15.2 Å². The highest BCUT2D eigenvalue weighted by Crippen LogP contribution is 2.71. The Bertz CT molecular complexity index is 768. The summed E-state index contributed by atoms with van der Waals surface area (Å²) in [5.74, 6) is 0.319. The minimum Gasteiger partial charge on any atom is -0.309 e. The van der Waals surface area contributed by atoms with Crippen LogP contribution in [-0.2, 0) is 4.79 Å². The molecule has 6 nitrogen and oxygen atoms in total. The van der Waals surface area contributed by atoms with E-state index in [1.165, 1.54) is 0 Å². The molecular formula is C15H15N5O. The summed E-state index contributed by atoms with van der Waals surface area (Å²) >= 11 is 0. The van der Waals surface area contributed by atoms with Gasteiger partial charge in [-0.2, -0.15) is 10.4 Å². The molecule has 0 aromatic carbocycles. The van der Waals surface area contributed by atoms with E-state index in [9.17, 15) is 10.1 Å². The molecule has 2 heterocycles. The van der Waals surface area contributed by atoms with Gasteiger partial charge in [0, 0.05) is 11.6 Å². The van der Waals surface area contributed by atoms with Crippen molar-refractivity contribution in [3.63, 3.8) is 0 Å². The molecule has 2 N–H and O–H groups in total. The molecule has 0 aliphatic heterocycles. The Kier molecular flexibility index (Phi) is 2.37. The predicted octanol–water partition coefficient (Wildman–Crippen LogP) is 2.37. The van der Waals surface area contributed by atoms with Gasteiger partial charge in [0.25, 0.3) is 0 Å². The zero-order valence-electron chi connectivity index (χ0n) is 11.5. The van der Waals surface area contributed by atoms with Crippen LogP contribution in [0.25, 0.3) is 11.0 Å². The van der Waals surface area contributed by atoms with E-state index >= 15 is 0 Å². The third-order valence-electron chi connectivity index (χ3n) is 5.09. The Morgan fingerprint density at radius 2 is 2.24 bits per heavy atom. The van der Waals surface area contributed by atoms with Crippen molar-refractivity contribution in [2.75, 3.05) is 5.32 Å². The van der Waals surface area contributed by atoms with E-state index in [0.717, 1.165) is 31.1 Å². The zero-order chi connectivity index (χ0) is 14.5. The number of carbonyl (C=O) groups is 1. The van der Waals surface area contributed by atoms with Crippen molar-refractivity contribution in [3.05, 3.63) is 18.3 Å². The average Bonchev–Trinajstić information content (AvgIpc) is 2.81. The van der Waals surface area contributed by atoms with Gasteiger partial charge >= 0.3 is 0 Å². The molecule has 4 rings (SSSR count). The van der Waals surface area contributed by atoms with Crippen molar-refractivity contribution in [2.45, 2.75) is 32.1 Å². The van der Waals surface area contributed by atoms with Gasteiger partial charge in [-0.25, -0.2) is 4.98 Å². The first-order valence-corrected chi connectivity index (χ1v) is 7.23. The van der Waals surface area contributed by atoms with Crippen molar-refractivity contribution < 1.29 is 4.79 Å². The van der Waals surface area contributed by atoms with Crippen LogP contribution in [0.3, 0.4) is 0 Å². The fourth-order valence-corrected chi connectivity index (χ4v) is 3.81. The third kappa shape index (κ3) is 1.54. The molecule has 1 atom stereocenters. The standard InChI is InChI=1S/C15H15N5O/c16-9-15(8-14(15)5-1-2-6-14)13(21)18-12-10-4-3-7-17-11(10)19-20-12/h3-4,7H,1-2,5-6,8H2,(H2,17,18,19,20,21). The molecule has 0 bridgehead atoms. The van der Waals surface area contributed by atoms with Crippen LogP contribution in [0.1, 0.15) is 32.1 Å². The summed E-state index contributed by atoms with van der Waals surface area (Å²) in [5, 5.41) is 20.0. The number of hydrogen-bond acceptors (Lipinski definition) is 4. The number of rotatable bonds is 2. The van der Waals surface area contributed by atoms with E-state index < -0.39 is 5.41 Å². The second-order valence-corrected chi connectivity index (χ2v) is 6.11. The van der Waals surface area contributed by atoms with Crippen LogP contribution in [0.15, 0.2) is 18.3 Å². The van der Waals surface area contributed by atoms with Gasteiger partial charge in [0.1, 0.15) is 11.2 Å². The molecule has 6 heteroatoms. The highest BCUT2D eigenvalue weighted by Gasteiger charge is 2.72. The van der Waals surface area contributed by atoms with Crippen molar-refractivity contribution in [2.24, 2.45) is 10.8 Å². The maximum atomic E-state index is 12.6. The molecule has 2 saturated carbocycles. The number of carbonyl (C=O) groups excluding carboxylic acids is 1. The number of H-pyrrole nitrogens is 1. The SMILES string of the molecule is N#CC1(C(=O)Nc2[nH]nc3ncccc23)CC12CCCC2. The summed E-state index contributed by atoms with van der Waals surface area (Å²) in [4.78, 5) is 16.7. The van der Waals surface area contributed by atoms with E-state index in [1.807, 2.05) is 6.07 Å². The molecule has 2 aliphatic rings. The lowest BCUT2D eigenvalue weighted by atomic mass is 9.91. The van der Waals surface area contributed by atoms with Crippen LogP contribution in [-0.4, -0.2) is 21.1 Å². The second-order valence-electron chi connectivity index (χ2n) is 6.11. The van der Waals surface area contributed by atoms with Crippen LogP contribution in [0, 0.1) is 22.2 Å². The molecule has 0 saturated heterocycles. The number of nitrogens with one attached hydrogen (secondary N) is 2. The number of pyridine rings is 1. The van der Waals surface area contributed by atoms with E-state index in [2.05, 4.69) is 26.6 Å². The summed E-state index contributed by atoms with van der Waals surface area (Å²) in [5.41, 5.74) is -0.381. The molecule has 21 heavy (non-hydrogen) atoms. The Hall–Kier alpha value is -2.42. The van der Waals surface area contributed by atoms with Gasteiger partial charge in [-0.05, 0) is 31.4 Å². The molecule has 0 radical (unpaired) electrons. The lowest BCUT2D eigenvalue weighted by Gasteiger charge is -2.14. The van der Waals surface area contributed by atoms with Gasteiger partial charge in [0.15, 0.2) is 5.65 Å². The number of nitrogens with zero attached hydrogens (tertiary/aromatic N) is 3. The summed E-state index contributed by atoms with van der Waals surface area (Å²) in [6, 6.07) is 5.92. The van der Waals surface area contributed by atoms with E-state index in [1.54, 1.807) is 12.3 Å². The van der Waals surface area contributed by atoms with Crippen molar-refractivity contribution in [3.8, 4) is 6.07 Å². The van der Waals surface area contributed by atoms with E-state index in [0.29, 0.717) is 17.9 Å². The van der Waals surface area contributed by atoms with Gasteiger partial charge in [-0.3, -0.25) is 9.89 Å². The molecule has 1 unspecified atom stereocenters. The van der Waals surface area contributed by atoms with Crippen LogP contribution >= 0.6 is 0 Å². The van der Waals surface area contributed by atoms with Gasteiger partial charge in [-0.15, -0.1) is 0 Å². The number of amides is 1. The highest BCUT2D eigenvalue weighted by atomic mass is 16.2. The molecule has 2 fully saturated rings. The first-order valence-electron chi connectivity index (χ1n) is 7.23. The Morgan fingerprint density at radius 3 is 3.00 bits per heavy atom. The van der Waals surface area contributed by atoms with E-state index in [-0.39, 0.29) is 11.3 Å². The highest BCUT2D eigenvalue weighted by molar-refractivity contribution is 6.04. The van der Waals surface area contributed by atoms with Gasteiger partial charge in [0.05, 0.1) is 11.5 Å². The summed E-state index contributed by atoms with van der Waals surface area (Å²) in [7, 11) is 0. The molecule has 2 aromatic heterocycles. The lowest BCUT2D eigenvalue weighted by molar-refractivity contribution is -0.120. The largest absolute Gasteiger partial charge is 0.309 e. The second kappa shape index (κ2) is 4.04. The van der Waals surface area contributed by atoms with Gasteiger partial charge in [-0.1, -0.05) is 12.8 Å². The maximum Gasteiger partial charge on any atom is 0.246 e. The van der Waals surface area contributed by atoms with Gasteiger partial charge < -0.3 is 5.32 Å². The van der Waals surface area contributed by atoms with Crippen molar-refractivity contribution in [1.29, 1.82) is 5.26 Å². The molecule has 2 aromatic rings. The Labute approximate surface area is 121 Å². The molecular weight excluding hydrogens is 266 g/mol. The lowest BCUT2D eigenvalue weighted by Crippen LogP contribution is -2.28. The number of fused-ring (bicyclic) bond motifs is 1. The topological polar surface area (TPSA) is 94.5 Å². The fraction of sp³-hybridized carbons (Fsp3) is 0.467. The minimum atomic E-state index is -0.858. The number of aromatic nitrogens is 3. The third-order valence-corrected chi connectivity index (χ3v) is 5.09. The summed E-state index contributed by atoms with van der Waals surface area (Å²) < 4.78 is 0. The van der Waals surface area contributed by atoms with Crippen LogP contribution in [0.5, 0.6) is 0 Å². The number of anilines is 1. The number of nitriles is 1. The average molecular weight is 281 g/mol. The van der Waals surface area contributed by atoms with Crippen LogP contribution < -0.4 is 5.32 Å². The normalized spacial score (nSPS) is 25.9. The van der Waals surface area contributed by atoms with Crippen LogP contribution in [0.2, 0.25) is 0 Å². The number of aromatic amines is 1. The minimum absolute atomic E-state index is 0.0834. The number of hydrogen-bond donors (Lipinski definition) is 2. The van der Waals surface area contributed by atoms with Crippen LogP contribution in [0.4, 0.5) is 5.82 Å². The molecule has 1 spiro atoms. The molecule has 1 amide bonds. The maximum absolute atomic E-state index is 12.6. The Morgan fingerprint density at radius 1 is 1.43 bits per heavy atom. The van der Waals surface area contributed by atoms with E-state index in [4.69, 9.17) is 0 Å². The molecule has 106 valence electrons. The first kappa shape index (κ1) is 12.3.